The Morgan fingerprint density at radius 2 is 1.41 bits per heavy atom. The lowest BCUT2D eigenvalue weighted by Crippen LogP contribution is -2.05. The van der Waals surface area contributed by atoms with Gasteiger partial charge in [-0.3, -0.25) is 4.79 Å². The van der Waals surface area contributed by atoms with Crippen LogP contribution >= 0.6 is 0 Å². The van der Waals surface area contributed by atoms with Crippen molar-refractivity contribution in [2.24, 2.45) is 0 Å². The molecule has 5 rings (SSSR count). The molecule has 0 saturated heterocycles. The molecule has 0 amide bonds. The summed E-state index contributed by atoms with van der Waals surface area (Å²) >= 11 is 0. The van der Waals surface area contributed by atoms with Crippen LogP contribution < -0.4 is 0 Å². The van der Waals surface area contributed by atoms with Crippen molar-refractivity contribution in [2.45, 2.75) is 6.42 Å². The van der Waals surface area contributed by atoms with E-state index in [1.807, 2.05) is 60.7 Å². The van der Waals surface area contributed by atoms with E-state index in [0.29, 0.717) is 6.42 Å². The zero-order valence-corrected chi connectivity index (χ0v) is 15.9. The first-order chi connectivity index (χ1) is 14.3. The third-order valence-electron chi connectivity index (χ3n) is 5.30. The van der Waals surface area contributed by atoms with Gasteiger partial charge in [-0.2, -0.15) is 0 Å². The van der Waals surface area contributed by atoms with Crippen LogP contribution in [0.25, 0.3) is 32.9 Å². The molecule has 2 nitrogen and oxygen atoms in total. The fourth-order valence-corrected chi connectivity index (χ4v) is 3.89. The Morgan fingerprint density at radius 1 is 0.724 bits per heavy atom. The molecule has 0 fully saturated rings. The maximum atomic E-state index is 13.0. The summed E-state index contributed by atoms with van der Waals surface area (Å²) in [6.45, 7) is 0. The number of hydrogen-bond donors (Lipinski definition) is 0. The first-order valence-electron chi connectivity index (χ1n) is 9.75. The standard InChI is InChI=1S/C27H19NO/c29-26(21-12-5-2-6-13-21)18-22-17-25(20-10-3-1-4-11-20)28-24-16-15-19-9-7-8-14-23(19)27(22)24/h1-17H,18H2. The van der Waals surface area contributed by atoms with Gasteiger partial charge in [-0.15, -0.1) is 0 Å². The molecule has 138 valence electrons. The molecule has 1 heterocycles. The van der Waals surface area contributed by atoms with E-state index in [2.05, 4.69) is 42.5 Å². The van der Waals surface area contributed by atoms with Crippen molar-refractivity contribution < 1.29 is 4.79 Å². The molecule has 4 aromatic carbocycles. The number of hydrogen-bond acceptors (Lipinski definition) is 2. The van der Waals surface area contributed by atoms with Crippen molar-refractivity contribution in [2.75, 3.05) is 0 Å². The summed E-state index contributed by atoms with van der Waals surface area (Å²) in [6.07, 6.45) is 0.344. The number of Topliss-reactive ketones (excluding diaryl/α,β-unsaturated/α-hetero) is 1. The number of rotatable bonds is 4. The molecule has 0 aliphatic rings. The predicted molar refractivity (Wildman–Crippen MR) is 119 cm³/mol. The highest BCUT2D eigenvalue weighted by molar-refractivity contribution is 6.10. The monoisotopic (exact) mass is 373 g/mol. The lowest BCUT2D eigenvalue weighted by atomic mass is 9.94. The van der Waals surface area contributed by atoms with E-state index in [1.165, 1.54) is 0 Å². The van der Waals surface area contributed by atoms with Crippen LogP contribution in [0.3, 0.4) is 0 Å². The van der Waals surface area contributed by atoms with Crippen LogP contribution in [0.5, 0.6) is 0 Å². The van der Waals surface area contributed by atoms with Gasteiger partial charge in [0.1, 0.15) is 0 Å². The van der Waals surface area contributed by atoms with Crippen LogP contribution in [0.4, 0.5) is 0 Å². The van der Waals surface area contributed by atoms with Gasteiger partial charge in [0.15, 0.2) is 5.78 Å². The van der Waals surface area contributed by atoms with Gasteiger partial charge in [-0.25, -0.2) is 4.98 Å². The van der Waals surface area contributed by atoms with Gasteiger partial charge in [0.05, 0.1) is 11.2 Å². The average molecular weight is 373 g/mol. The van der Waals surface area contributed by atoms with Crippen molar-refractivity contribution in [1.29, 1.82) is 0 Å². The van der Waals surface area contributed by atoms with Gasteiger partial charge in [-0.1, -0.05) is 91.0 Å². The first-order valence-corrected chi connectivity index (χ1v) is 9.75. The predicted octanol–water partition coefficient (Wildman–Crippen LogP) is 6.48. The van der Waals surface area contributed by atoms with Crippen molar-refractivity contribution in [1.82, 2.24) is 4.98 Å². The number of pyridine rings is 1. The Balaban J connectivity index is 1.74. The summed E-state index contributed by atoms with van der Waals surface area (Å²) < 4.78 is 0. The van der Waals surface area contributed by atoms with E-state index in [4.69, 9.17) is 4.98 Å². The lowest BCUT2D eigenvalue weighted by molar-refractivity contribution is 0.0993. The number of aromatic nitrogens is 1. The maximum Gasteiger partial charge on any atom is 0.167 e. The molecule has 0 aliphatic heterocycles. The number of carbonyl (C=O) groups excluding carboxylic acids is 1. The van der Waals surface area contributed by atoms with Gasteiger partial charge in [0.25, 0.3) is 0 Å². The summed E-state index contributed by atoms with van der Waals surface area (Å²) in [5.74, 6) is 0.116. The zero-order chi connectivity index (χ0) is 19.6. The van der Waals surface area contributed by atoms with E-state index in [-0.39, 0.29) is 5.78 Å². The van der Waals surface area contributed by atoms with Crippen molar-refractivity contribution in [3.63, 3.8) is 0 Å². The van der Waals surface area contributed by atoms with Crippen molar-refractivity contribution in [3.8, 4) is 11.3 Å². The van der Waals surface area contributed by atoms with Crippen molar-refractivity contribution >= 4 is 27.5 Å². The Hall–Kier alpha value is -3.78. The molecule has 1 aromatic heterocycles. The Kier molecular flexibility index (Phi) is 4.38. The van der Waals surface area contributed by atoms with Gasteiger partial charge in [-0.05, 0) is 28.5 Å². The topological polar surface area (TPSA) is 30.0 Å². The summed E-state index contributed by atoms with van der Waals surface area (Å²) in [6, 6.07) is 34.1. The fourth-order valence-electron chi connectivity index (χ4n) is 3.89. The lowest BCUT2D eigenvalue weighted by Gasteiger charge is -2.12. The van der Waals surface area contributed by atoms with Crippen molar-refractivity contribution in [3.05, 3.63) is 114 Å². The normalized spacial score (nSPS) is 11.0. The van der Waals surface area contributed by atoms with Gasteiger partial charge in [0, 0.05) is 22.9 Å². The van der Waals surface area contributed by atoms with E-state index >= 15 is 0 Å². The Labute approximate surface area is 169 Å². The van der Waals surface area contributed by atoms with Crippen LogP contribution in [0.2, 0.25) is 0 Å². The molecule has 0 saturated carbocycles. The number of nitrogens with zero attached hydrogens (tertiary/aromatic N) is 1. The molecule has 0 radical (unpaired) electrons. The largest absolute Gasteiger partial charge is 0.294 e. The molecule has 0 aliphatic carbocycles. The number of carbonyl (C=O) groups is 1. The van der Waals surface area contributed by atoms with Gasteiger partial charge in [0.2, 0.25) is 0 Å². The smallest absolute Gasteiger partial charge is 0.167 e. The number of benzene rings is 4. The molecular weight excluding hydrogens is 354 g/mol. The van der Waals surface area contributed by atoms with Crippen LogP contribution in [-0.4, -0.2) is 10.8 Å². The molecule has 0 atom stereocenters. The zero-order valence-electron chi connectivity index (χ0n) is 15.9. The van der Waals surface area contributed by atoms with Gasteiger partial charge >= 0.3 is 0 Å². The fraction of sp³-hybridized carbons (Fsp3) is 0.0370. The summed E-state index contributed by atoms with van der Waals surface area (Å²) in [4.78, 5) is 17.9. The average Bonchev–Trinajstić information content (AvgIpc) is 2.79. The third kappa shape index (κ3) is 3.30. The minimum atomic E-state index is 0.116. The second kappa shape index (κ2) is 7.33. The highest BCUT2D eigenvalue weighted by Gasteiger charge is 2.14. The van der Waals surface area contributed by atoms with Crippen LogP contribution in [0, 0.1) is 0 Å². The molecule has 0 bridgehead atoms. The Bertz CT molecular complexity index is 1320. The SMILES string of the molecule is O=C(Cc1cc(-c2ccccc2)nc2ccc3ccccc3c12)c1ccccc1. The van der Waals surface area contributed by atoms with Crippen LogP contribution in [-0.2, 0) is 6.42 Å². The van der Waals surface area contributed by atoms with Crippen LogP contribution in [0.15, 0.2) is 103 Å². The molecule has 0 unspecified atom stereocenters. The number of ketones is 1. The highest BCUT2D eigenvalue weighted by Crippen LogP contribution is 2.31. The van der Waals surface area contributed by atoms with E-state index in [9.17, 15) is 4.79 Å². The van der Waals surface area contributed by atoms with E-state index in [1.54, 1.807) is 0 Å². The highest BCUT2D eigenvalue weighted by atomic mass is 16.1. The molecular formula is C27H19NO. The molecule has 5 aromatic rings. The minimum absolute atomic E-state index is 0.116. The maximum absolute atomic E-state index is 13.0. The van der Waals surface area contributed by atoms with Gasteiger partial charge < -0.3 is 0 Å². The minimum Gasteiger partial charge on any atom is -0.294 e. The summed E-state index contributed by atoms with van der Waals surface area (Å²) in [5, 5.41) is 3.35. The van der Waals surface area contributed by atoms with E-state index < -0.39 is 0 Å². The van der Waals surface area contributed by atoms with Crippen LogP contribution in [0.1, 0.15) is 15.9 Å². The quantitative estimate of drug-likeness (QED) is 0.266. The molecule has 2 heteroatoms. The summed E-state index contributed by atoms with van der Waals surface area (Å²) in [7, 11) is 0. The molecule has 0 N–H and O–H groups in total. The second-order valence-corrected chi connectivity index (χ2v) is 7.18. The Morgan fingerprint density at radius 3 is 2.21 bits per heavy atom. The second-order valence-electron chi connectivity index (χ2n) is 7.18. The first kappa shape index (κ1) is 17.3. The molecule has 0 spiro atoms. The van der Waals surface area contributed by atoms with E-state index in [0.717, 1.165) is 44.1 Å². The summed E-state index contributed by atoms with van der Waals surface area (Å²) in [5.41, 5.74) is 4.61. The third-order valence-corrected chi connectivity index (χ3v) is 5.30. The number of fused-ring (bicyclic) bond motifs is 3. The molecule has 29 heavy (non-hydrogen) atoms.